The fraction of sp³-hybridized carbons (Fsp3) is 0.500. The number of nitrogens with two attached hydrogens (primary N) is 1. The largest absolute Gasteiger partial charge is 0.391 e. The Morgan fingerprint density at radius 3 is 3.14 bits per heavy atom. The van der Waals surface area contributed by atoms with Crippen LogP contribution in [-0.4, -0.2) is 29.3 Å². The second kappa shape index (κ2) is 3.94. The van der Waals surface area contributed by atoms with Gasteiger partial charge in [0.25, 0.3) is 0 Å². The molecule has 0 radical (unpaired) electrons. The van der Waals surface area contributed by atoms with Crippen LogP contribution in [0, 0.1) is 0 Å². The van der Waals surface area contributed by atoms with Crippen LogP contribution in [0.2, 0.25) is 0 Å². The lowest BCUT2D eigenvalue weighted by atomic mass is 10.2. The van der Waals surface area contributed by atoms with Gasteiger partial charge in [0.1, 0.15) is 5.82 Å². The van der Waals surface area contributed by atoms with E-state index in [1.54, 1.807) is 6.20 Å². The van der Waals surface area contributed by atoms with Crippen LogP contribution in [0.5, 0.6) is 0 Å². The Labute approximate surface area is 83.4 Å². The van der Waals surface area contributed by atoms with E-state index in [-0.39, 0.29) is 6.10 Å². The van der Waals surface area contributed by atoms with E-state index in [4.69, 9.17) is 5.73 Å². The number of β-amino-alcohol motifs (C(OH)–C–C–N with tert-alkyl or cyclic N) is 1. The van der Waals surface area contributed by atoms with E-state index in [1.165, 1.54) is 0 Å². The van der Waals surface area contributed by atoms with Gasteiger partial charge in [-0.25, -0.2) is 4.98 Å². The molecule has 2 rings (SSSR count). The van der Waals surface area contributed by atoms with Crippen molar-refractivity contribution in [3.8, 4) is 0 Å². The average Bonchev–Trinajstić information content (AvgIpc) is 2.65. The average molecular weight is 193 g/mol. The van der Waals surface area contributed by atoms with Crippen LogP contribution in [0.4, 0.5) is 5.82 Å². The zero-order valence-corrected chi connectivity index (χ0v) is 8.06. The number of nitrogens with zero attached hydrogens (tertiary/aromatic N) is 2. The van der Waals surface area contributed by atoms with Gasteiger partial charge in [-0.15, -0.1) is 0 Å². The smallest absolute Gasteiger partial charge is 0.133 e. The molecule has 0 aromatic carbocycles. The van der Waals surface area contributed by atoms with Gasteiger partial charge >= 0.3 is 0 Å². The van der Waals surface area contributed by atoms with E-state index in [0.717, 1.165) is 24.3 Å². The van der Waals surface area contributed by atoms with Crippen molar-refractivity contribution in [1.82, 2.24) is 4.98 Å². The summed E-state index contributed by atoms with van der Waals surface area (Å²) < 4.78 is 0. The van der Waals surface area contributed by atoms with E-state index < -0.39 is 0 Å². The summed E-state index contributed by atoms with van der Waals surface area (Å²) in [4.78, 5) is 6.39. The number of hydrogen-bond donors (Lipinski definition) is 2. The molecular weight excluding hydrogens is 178 g/mol. The number of aromatic nitrogens is 1. The van der Waals surface area contributed by atoms with Crippen LogP contribution >= 0.6 is 0 Å². The van der Waals surface area contributed by atoms with Gasteiger partial charge in [-0.1, -0.05) is 6.07 Å². The molecule has 1 aromatic rings. The molecule has 1 saturated heterocycles. The van der Waals surface area contributed by atoms with Crippen molar-refractivity contribution in [2.75, 3.05) is 18.0 Å². The highest BCUT2D eigenvalue weighted by Crippen LogP contribution is 2.21. The summed E-state index contributed by atoms with van der Waals surface area (Å²) in [5.74, 6) is 0.923. The van der Waals surface area contributed by atoms with Gasteiger partial charge in [0.15, 0.2) is 0 Å². The van der Waals surface area contributed by atoms with Crippen LogP contribution in [0.1, 0.15) is 12.0 Å². The van der Waals surface area contributed by atoms with Gasteiger partial charge in [0.2, 0.25) is 0 Å². The number of aliphatic hydroxyl groups is 1. The first-order valence-electron chi connectivity index (χ1n) is 4.88. The minimum absolute atomic E-state index is 0.220. The molecule has 2 heterocycles. The molecule has 1 atom stereocenters. The Kier molecular flexibility index (Phi) is 2.65. The molecule has 0 saturated carbocycles. The molecule has 0 spiro atoms. The standard InChI is InChI=1S/C10H15N3O/c11-6-8-2-1-4-12-10(8)13-5-3-9(14)7-13/h1-2,4,9,14H,3,5-7,11H2. The van der Waals surface area contributed by atoms with Gasteiger partial charge in [-0.05, 0) is 12.5 Å². The molecule has 1 unspecified atom stereocenters. The third-order valence-corrected chi connectivity index (χ3v) is 2.55. The Morgan fingerprint density at radius 2 is 2.50 bits per heavy atom. The highest BCUT2D eigenvalue weighted by atomic mass is 16.3. The van der Waals surface area contributed by atoms with Crippen molar-refractivity contribution in [2.24, 2.45) is 5.73 Å². The lowest BCUT2D eigenvalue weighted by molar-refractivity contribution is 0.198. The molecule has 1 aromatic heterocycles. The van der Waals surface area contributed by atoms with Gasteiger partial charge in [0, 0.05) is 31.4 Å². The fourth-order valence-electron chi connectivity index (χ4n) is 1.81. The SMILES string of the molecule is NCc1cccnc1N1CCC(O)C1. The first-order valence-corrected chi connectivity index (χ1v) is 4.88. The van der Waals surface area contributed by atoms with Gasteiger partial charge in [0.05, 0.1) is 6.10 Å². The van der Waals surface area contributed by atoms with Crippen molar-refractivity contribution in [1.29, 1.82) is 0 Å². The molecule has 3 N–H and O–H groups in total. The molecule has 0 amide bonds. The van der Waals surface area contributed by atoms with E-state index >= 15 is 0 Å². The zero-order chi connectivity index (χ0) is 9.97. The third kappa shape index (κ3) is 1.71. The van der Waals surface area contributed by atoms with Gasteiger partial charge < -0.3 is 15.7 Å². The monoisotopic (exact) mass is 193 g/mol. The van der Waals surface area contributed by atoms with E-state index in [9.17, 15) is 5.11 Å². The van der Waals surface area contributed by atoms with Crippen molar-refractivity contribution < 1.29 is 5.11 Å². The first kappa shape index (κ1) is 9.43. The van der Waals surface area contributed by atoms with Crippen molar-refractivity contribution >= 4 is 5.82 Å². The zero-order valence-electron chi connectivity index (χ0n) is 8.06. The topological polar surface area (TPSA) is 62.4 Å². The lowest BCUT2D eigenvalue weighted by Gasteiger charge is -2.19. The Hall–Kier alpha value is -1.13. The Morgan fingerprint density at radius 1 is 1.64 bits per heavy atom. The predicted molar refractivity (Wildman–Crippen MR) is 55.0 cm³/mol. The summed E-state index contributed by atoms with van der Waals surface area (Å²) in [6.07, 6.45) is 2.36. The predicted octanol–water partition coefficient (Wildman–Crippen LogP) is 0.111. The lowest BCUT2D eigenvalue weighted by Crippen LogP contribution is -2.24. The number of aliphatic hydroxyl groups excluding tert-OH is 1. The molecule has 1 aliphatic rings. The molecule has 4 heteroatoms. The molecule has 1 aliphatic heterocycles. The molecular formula is C10H15N3O. The van der Waals surface area contributed by atoms with Crippen molar-refractivity contribution in [3.05, 3.63) is 23.9 Å². The summed E-state index contributed by atoms with van der Waals surface area (Å²) in [7, 11) is 0. The maximum absolute atomic E-state index is 9.42. The quantitative estimate of drug-likeness (QED) is 0.700. The number of anilines is 1. The minimum Gasteiger partial charge on any atom is -0.391 e. The van der Waals surface area contributed by atoms with Crippen LogP contribution in [0.3, 0.4) is 0 Å². The highest BCUT2D eigenvalue weighted by molar-refractivity contribution is 5.47. The summed E-state index contributed by atoms with van der Waals surface area (Å²) in [6.45, 7) is 2.03. The van der Waals surface area contributed by atoms with Gasteiger partial charge in [-0.2, -0.15) is 0 Å². The second-order valence-corrected chi connectivity index (χ2v) is 3.58. The molecule has 0 bridgehead atoms. The van der Waals surface area contributed by atoms with Crippen LogP contribution < -0.4 is 10.6 Å². The van der Waals surface area contributed by atoms with Crippen LogP contribution in [-0.2, 0) is 6.54 Å². The summed E-state index contributed by atoms with van der Waals surface area (Å²) in [5.41, 5.74) is 6.67. The summed E-state index contributed by atoms with van der Waals surface area (Å²) in [6, 6.07) is 3.87. The second-order valence-electron chi connectivity index (χ2n) is 3.58. The maximum Gasteiger partial charge on any atom is 0.133 e. The Balaban J connectivity index is 2.22. The summed E-state index contributed by atoms with van der Waals surface area (Å²) in [5, 5.41) is 9.42. The van der Waals surface area contributed by atoms with Gasteiger partial charge in [-0.3, -0.25) is 0 Å². The molecule has 14 heavy (non-hydrogen) atoms. The maximum atomic E-state index is 9.42. The number of pyridine rings is 1. The summed E-state index contributed by atoms with van der Waals surface area (Å²) >= 11 is 0. The highest BCUT2D eigenvalue weighted by Gasteiger charge is 2.22. The number of hydrogen-bond acceptors (Lipinski definition) is 4. The van der Waals surface area contributed by atoms with Crippen molar-refractivity contribution in [2.45, 2.75) is 19.1 Å². The Bertz CT molecular complexity index is 316. The van der Waals surface area contributed by atoms with E-state index in [0.29, 0.717) is 13.1 Å². The molecule has 4 nitrogen and oxygen atoms in total. The van der Waals surface area contributed by atoms with Crippen LogP contribution in [0.15, 0.2) is 18.3 Å². The minimum atomic E-state index is -0.220. The third-order valence-electron chi connectivity index (χ3n) is 2.55. The van der Waals surface area contributed by atoms with Crippen molar-refractivity contribution in [3.63, 3.8) is 0 Å². The molecule has 0 aliphatic carbocycles. The number of rotatable bonds is 2. The van der Waals surface area contributed by atoms with Crippen LogP contribution in [0.25, 0.3) is 0 Å². The molecule has 76 valence electrons. The van der Waals surface area contributed by atoms with E-state index in [2.05, 4.69) is 9.88 Å². The normalized spacial score (nSPS) is 21.6. The molecule has 1 fully saturated rings. The van der Waals surface area contributed by atoms with E-state index in [1.807, 2.05) is 12.1 Å². The first-order chi connectivity index (χ1) is 6.81. The fourth-order valence-corrected chi connectivity index (χ4v) is 1.81.